The molecule has 1 unspecified atom stereocenters. The molecule has 3 rings (SSSR count). The van der Waals surface area contributed by atoms with Crippen molar-refractivity contribution < 1.29 is 4.74 Å². The number of rotatable bonds is 3. The number of ether oxygens (including phenoxy) is 1. The molecule has 1 N–H and O–H groups in total. The van der Waals surface area contributed by atoms with Gasteiger partial charge in [0.15, 0.2) is 0 Å². The van der Waals surface area contributed by atoms with E-state index in [9.17, 15) is 0 Å². The first-order valence-electron chi connectivity index (χ1n) is 6.06. The first-order chi connectivity index (χ1) is 9.19. The van der Waals surface area contributed by atoms with Crippen molar-refractivity contribution >= 4 is 43.2 Å². The normalized spacial score (nSPS) is 15.1. The standard InChI is InChI=1S/C14H13Br2NOS/c1-17-13(10-7-12(15)19-14(10)16)9-2-3-11-8(6-9)4-5-18-11/h2-3,6-7,13,17H,4-5H2,1H3. The molecular weight excluding hydrogens is 390 g/mol. The van der Waals surface area contributed by atoms with Gasteiger partial charge in [-0.25, -0.2) is 0 Å². The first kappa shape index (κ1) is 13.6. The summed E-state index contributed by atoms with van der Waals surface area (Å²) in [6, 6.07) is 8.84. The van der Waals surface area contributed by atoms with Crippen LogP contribution in [0.25, 0.3) is 0 Å². The highest BCUT2D eigenvalue weighted by molar-refractivity contribution is 9.12. The Labute approximate surface area is 133 Å². The van der Waals surface area contributed by atoms with Crippen LogP contribution in [-0.4, -0.2) is 13.7 Å². The largest absolute Gasteiger partial charge is 0.493 e. The van der Waals surface area contributed by atoms with Crippen molar-refractivity contribution in [2.75, 3.05) is 13.7 Å². The summed E-state index contributed by atoms with van der Waals surface area (Å²) >= 11 is 8.89. The Kier molecular flexibility index (Phi) is 3.98. The average Bonchev–Trinajstić information content (AvgIpc) is 2.97. The third kappa shape index (κ3) is 2.61. The van der Waals surface area contributed by atoms with Gasteiger partial charge in [0.2, 0.25) is 0 Å². The van der Waals surface area contributed by atoms with Crippen LogP contribution < -0.4 is 10.1 Å². The molecule has 1 atom stereocenters. The van der Waals surface area contributed by atoms with E-state index in [0.29, 0.717) is 0 Å². The fourth-order valence-electron chi connectivity index (χ4n) is 2.44. The first-order valence-corrected chi connectivity index (χ1v) is 8.47. The van der Waals surface area contributed by atoms with Crippen LogP contribution in [0.5, 0.6) is 5.75 Å². The maximum Gasteiger partial charge on any atom is 0.122 e. The van der Waals surface area contributed by atoms with Crippen LogP contribution in [0.2, 0.25) is 0 Å². The maximum atomic E-state index is 5.57. The Hall–Kier alpha value is -0.360. The lowest BCUT2D eigenvalue weighted by molar-refractivity contribution is 0.357. The van der Waals surface area contributed by atoms with Gasteiger partial charge in [-0.2, -0.15) is 0 Å². The molecule has 0 spiro atoms. The molecular formula is C14H13Br2NOS. The highest BCUT2D eigenvalue weighted by Gasteiger charge is 2.20. The second kappa shape index (κ2) is 5.56. The molecule has 1 aliphatic rings. The Morgan fingerprint density at radius 3 is 2.84 bits per heavy atom. The summed E-state index contributed by atoms with van der Waals surface area (Å²) in [5, 5.41) is 3.40. The molecule has 2 nitrogen and oxygen atoms in total. The van der Waals surface area contributed by atoms with Crippen LogP contribution in [0.1, 0.15) is 22.7 Å². The predicted molar refractivity (Wildman–Crippen MR) is 86.3 cm³/mol. The fraction of sp³-hybridized carbons (Fsp3) is 0.286. The maximum absolute atomic E-state index is 5.57. The quantitative estimate of drug-likeness (QED) is 0.814. The van der Waals surface area contributed by atoms with E-state index < -0.39 is 0 Å². The molecule has 1 aliphatic heterocycles. The zero-order valence-electron chi connectivity index (χ0n) is 10.4. The molecule has 0 saturated carbocycles. The van der Waals surface area contributed by atoms with Crippen LogP contribution in [0.3, 0.4) is 0 Å². The van der Waals surface area contributed by atoms with E-state index in [1.54, 1.807) is 11.3 Å². The van der Waals surface area contributed by atoms with Crippen LogP contribution in [0.15, 0.2) is 31.8 Å². The number of thiophene rings is 1. The topological polar surface area (TPSA) is 21.3 Å². The smallest absolute Gasteiger partial charge is 0.122 e. The number of hydrogen-bond donors (Lipinski definition) is 1. The van der Waals surface area contributed by atoms with Gasteiger partial charge >= 0.3 is 0 Å². The highest BCUT2D eigenvalue weighted by Crippen LogP contribution is 2.39. The minimum absolute atomic E-state index is 0.197. The lowest BCUT2D eigenvalue weighted by Crippen LogP contribution is -2.17. The molecule has 5 heteroatoms. The van der Waals surface area contributed by atoms with E-state index in [0.717, 1.165) is 26.4 Å². The fourth-order valence-corrected chi connectivity index (χ4v) is 5.34. The molecule has 2 heterocycles. The molecule has 1 aromatic heterocycles. The number of nitrogens with one attached hydrogen (secondary N) is 1. The monoisotopic (exact) mass is 401 g/mol. The van der Waals surface area contributed by atoms with Gasteiger partial charge < -0.3 is 10.1 Å². The molecule has 2 aromatic rings. The minimum Gasteiger partial charge on any atom is -0.493 e. The summed E-state index contributed by atoms with van der Waals surface area (Å²) in [5.41, 5.74) is 3.85. The lowest BCUT2D eigenvalue weighted by atomic mass is 9.98. The van der Waals surface area contributed by atoms with Crippen LogP contribution in [-0.2, 0) is 6.42 Å². The summed E-state index contributed by atoms with van der Waals surface area (Å²) < 4.78 is 7.87. The van der Waals surface area contributed by atoms with E-state index in [1.165, 1.54) is 16.7 Å². The second-order valence-corrected chi connectivity index (χ2v) is 8.22. The van der Waals surface area contributed by atoms with Crippen molar-refractivity contribution in [3.8, 4) is 5.75 Å². The van der Waals surface area contributed by atoms with Gasteiger partial charge in [0.05, 0.1) is 20.2 Å². The molecule has 0 fully saturated rings. The summed E-state index contributed by atoms with van der Waals surface area (Å²) in [6.07, 6.45) is 1.01. The highest BCUT2D eigenvalue weighted by atomic mass is 79.9. The Balaban J connectivity index is 2.00. The molecule has 1 aromatic carbocycles. The Morgan fingerprint density at radius 2 is 2.16 bits per heavy atom. The van der Waals surface area contributed by atoms with E-state index in [2.05, 4.69) is 61.4 Å². The van der Waals surface area contributed by atoms with Crippen LogP contribution >= 0.6 is 43.2 Å². The van der Waals surface area contributed by atoms with Gasteiger partial charge in [0.25, 0.3) is 0 Å². The van der Waals surface area contributed by atoms with Gasteiger partial charge in [-0.3, -0.25) is 0 Å². The van der Waals surface area contributed by atoms with Crippen molar-refractivity contribution in [3.63, 3.8) is 0 Å². The molecule has 0 bridgehead atoms. The van der Waals surface area contributed by atoms with E-state index in [1.807, 2.05) is 7.05 Å². The third-order valence-electron chi connectivity index (χ3n) is 3.33. The van der Waals surface area contributed by atoms with Crippen molar-refractivity contribution in [2.45, 2.75) is 12.5 Å². The number of halogens is 2. The lowest BCUT2D eigenvalue weighted by Gasteiger charge is -2.17. The predicted octanol–water partition coefficient (Wildman–Crippen LogP) is 4.52. The molecule has 0 amide bonds. The van der Waals surface area contributed by atoms with Crippen molar-refractivity contribution in [1.29, 1.82) is 0 Å². The van der Waals surface area contributed by atoms with Gasteiger partial charge in [-0.05, 0) is 67.7 Å². The van der Waals surface area contributed by atoms with Gasteiger partial charge in [0.1, 0.15) is 5.75 Å². The zero-order chi connectivity index (χ0) is 13.4. The second-order valence-electron chi connectivity index (χ2n) is 4.47. The third-order valence-corrected chi connectivity index (χ3v) is 5.72. The van der Waals surface area contributed by atoms with Gasteiger partial charge in [0, 0.05) is 6.42 Å². The van der Waals surface area contributed by atoms with Gasteiger partial charge in [-0.1, -0.05) is 12.1 Å². The van der Waals surface area contributed by atoms with E-state index >= 15 is 0 Å². The van der Waals surface area contributed by atoms with Crippen molar-refractivity contribution in [1.82, 2.24) is 5.32 Å². The molecule has 100 valence electrons. The van der Waals surface area contributed by atoms with Crippen molar-refractivity contribution in [3.05, 3.63) is 48.5 Å². The minimum atomic E-state index is 0.197. The van der Waals surface area contributed by atoms with E-state index in [-0.39, 0.29) is 6.04 Å². The summed E-state index contributed by atoms with van der Waals surface area (Å²) in [5.74, 6) is 1.03. The summed E-state index contributed by atoms with van der Waals surface area (Å²) in [6.45, 7) is 0.802. The van der Waals surface area contributed by atoms with Crippen LogP contribution in [0, 0.1) is 0 Å². The summed E-state index contributed by atoms with van der Waals surface area (Å²) in [4.78, 5) is 0. The molecule has 0 radical (unpaired) electrons. The summed E-state index contributed by atoms with van der Waals surface area (Å²) in [7, 11) is 1.99. The number of fused-ring (bicyclic) bond motifs is 1. The van der Waals surface area contributed by atoms with E-state index in [4.69, 9.17) is 4.74 Å². The molecule has 0 aliphatic carbocycles. The zero-order valence-corrected chi connectivity index (χ0v) is 14.4. The van der Waals surface area contributed by atoms with Gasteiger partial charge in [-0.15, -0.1) is 11.3 Å². The SMILES string of the molecule is CNC(c1ccc2c(c1)CCO2)c1cc(Br)sc1Br. The van der Waals surface area contributed by atoms with Crippen LogP contribution in [0.4, 0.5) is 0 Å². The average molecular weight is 403 g/mol. The molecule has 0 saturated heterocycles. The number of hydrogen-bond acceptors (Lipinski definition) is 3. The van der Waals surface area contributed by atoms with Crippen molar-refractivity contribution in [2.24, 2.45) is 0 Å². The Morgan fingerprint density at radius 1 is 1.32 bits per heavy atom. The number of benzene rings is 1. The molecule has 19 heavy (non-hydrogen) atoms. The Bertz CT molecular complexity index is 611.